The van der Waals surface area contributed by atoms with E-state index in [1.54, 1.807) is 12.3 Å². The lowest BCUT2D eigenvalue weighted by atomic mass is 10.2. The number of aromatic nitrogens is 1. The number of rotatable bonds is 5. The van der Waals surface area contributed by atoms with Crippen LogP contribution in [0.5, 0.6) is 0 Å². The molecule has 0 fully saturated rings. The number of fused-ring (bicyclic) bond motifs is 1. The van der Waals surface area contributed by atoms with E-state index in [0.29, 0.717) is 10.4 Å². The molecule has 5 heteroatoms. The number of hydrogen-bond donors (Lipinski definition) is 1. The summed E-state index contributed by atoms with van der Waals surface area (Å²) in [4.78, 5) is 29.0. The van der Waals surface area contributed by atoms with Crippen LogP contribution in [0.2, 0.25) is 0 Å². The molecule has 0 aliphatic carbocycles. The van der Waals surface area contributed by atoms with Crippen LogP contribution >= 0.6 is 11.3 Å². The number of hydrogen-bond acceptors (Lipinski definition) is 4. The maximum Gasteiger partial charge on any atom is 0.340 e. The van der Waals surface area contributed by atoms with Gasteiger partial charge in [0.2, 0.25) is 5.78 Å². The number of thiophene rings is 1. The first-order valence-corrected chi connectivity index (χ1v) is 7.86. The van der Waals surface area contributed by atoms with Crippen molar-refractivity contribution in [2.45, 2.75) is 13.3 Å². The minimum Gasteiger partial charge on any atom is -0.454 e. The van der Waals surface area contributed by atoms with Crippen molar-refractivity contribution in [3.63, 3.8) is 0 Å². The molecule has 0 unspecified atom stereocenters. The monoisotopic (exact) mass is 313 g/mol. The zero-order chi connectivity index (χ0) is 15.5. The summed E-state index contributed by atoms with van der Waals surface area (Å²) in [7, 11) is 0. The number of ketones is 1. The van der Waals surface area contributed by atoms with Crippen molar-refractivity contribution < 1.29 is 14.3 Å². The number of carbonyl (C=O) groups is 2. The van der Waals surface area contributed by atoms with E-state index >= 15 is 0 Å². The fraction of sp³-hybridized carbons (Fsp3) is 0.176. The molecule has 1 aromatic carbocycles. The number of benzene rings is 1. The van der Waals surface area contributed by atoms with Gasteiger partial charge < -0.3 is 9.72 Å². The topological polar surface area (TPSA) is 59.2 Å². The molecule has 112 valence electrons. The highest BCUT2D eigenvalue weighted by Gasteiger charge is 2.16. The quantitative estimate of drug-likeness (QED) is 0.575. The summed E-state index contributed by atoms with van der Waals surface area (Å²) in [6, 6.07) is 11.2. The number of esters is 1. The Balaban J connectivity index is 1.68. The van der Waals surface area contributed by atoms with Crippen LogP contribution in [0.4, 0.5) is 0 Å². The molecular weight excluding hydrogens is 298 g/mol. The predicted molar refractivity (Wildman–Crippen MR) is 86.6 cm³/mol. The van der Waals surface area contributed by atoms with Gasteiger partial charge in [0.1, 0.15) is 0 Å². The number of ether oxygens (including phenoxy) is 1. The van der Waals surface area contributed by atoms with E-state index in [0.717, 1.165) is 22.2 Å². The lowest BCUT2D eigenvalue weighted by molar-refractivity contribution is 0.0478. The molecule has 3 aromatic rings. The SMILES string of the molecule is CCc1ccc(C(=O)COC(=O)c2c[nH]c3ccccc23)s1. The molecule has 22 heavy (non-hydrogen) atoms. The molecule has 1 N–H and O–H groups in total. The molecule has 0 saturated carbocycles. The third kappa shape index (κ3) is 2.80. The Hall–Kier alpha value is -2.40. The van der Waals surface area contributed by atoms with Gasteiger partial charge in [0, 0.05) is 22.0 Å². The molecule has 0 saturated heterocycles. The highest BCUT2D eigenvalue weighted by Crippen LogP contribution is 2.20. The Morgan fingerprint density at radius 1 is 1.18 bits per heavy atom. The minimum atomic E-state index is -0.488. The fourth-order valence-electron chi connectivity index (χ4n) is 2.24. The Morgan fingerprint density at radius 2 is 2.00 bits per heavy atom. The van der Waals surface area contributed by atoms with Gasteiger partial charge in [0.15, 0.2) is 6.61 Å². The highest BCUT2D eigenvalue weighted by atomic mass is 32.1. The van der Waals surface area contributed by atoms with Gasteiger partial charge >= 0.3 is 5.97 Å². The first-order chi connectivity index (χ1) is 10.7. The van der Waals surface area contributed by atoms with Crippen molar-refractivity contribution in [2.24, 2.45) is 0 Å². The predicted octanol–water partition coefficient (Wildman–Crippen LogP) is 3.83. The van der Waals surface area contributed by atoms with E-state index in [9.17, 15) is 9.59 Å². The second kappa shape index (κ2) is 6.15. The van der Waals surface area contributed by atoms with Crippen LogP contribution in [0.1, 0.15) is 31.8 Å². The second-order valence-corrected chi connectivity index (χ2v) is 6.04. The van der Waals surface area contributed by atoms with Crippen molar-refractivity contribution in [2.75, 3.05) is 6.61 Å². The maximum atomic E-state index is 12.1. The average molecular weight is 313 g/mol. The van der Waals surface area contributed by atoms with E-state index in [4.69, 9.17) is 4.74 Å². The standard InChI is InChI=1S/C17H15NO3S/c1-2-11-7-8-16(22-11)15(19)10-21-17(20)13-9-18-14-6-4-3-5-12(13)14/h3-9,18H,2,10H2,1H3. The Kier molecular flexibility index (Phi) is 4.06. The van der Waals surface area contributed by atoms with Crippen LogP contribution in [0.25, 0.3) is 10.9 Å². The molecule has 0 spiro atoms. The molecule has 0 radical (unpaired) electrons. The smallest absolute Gasteiger partial charge is 0.340 e. The highest BCUT2D eigenvalue weighted by molar-refractivity contribution is 7.14. The van der Waals surface area contributed by atoms with Crippen molar-refractivity contribution in [1.82, 2.24) is 4.98 Å². The van der Waals surface area contributed by atoms with Gasteiger partial charge in [-0.25, -0.2) is 4.79 Å². The number of aryl methyl sites for hydroxylation is 1. The van der Waals surface area contributed by atoms with Gasteiger partial charge in [-0.2, -0.15) is 0 Å². The second-order valence-electron chi connectivity index (χ2n) is 4.87. The molecular formula is C17H15NO3S. The van der Waals surface area contributed by atoms with Crippen molar-refractivity contribution >= 4 is 34.0 Å². The van der Waals surface area contributed by atoms with Gasteiger partial charge in [-0.15, -0.1) is 11.3 Å². The number of Topliss-reactive ketones (excluding diaryl/α,β-unsaturated/α-hetero) is 1. The Labute approximate surface area is 131 Å². The lowest BCUT2D eigenvalue weighted by Gasteiger charge is -2.02. The summed E-state index contributed by atoms with van der Waals surface area (Å²) in [6.07, 6.45) is 2.50. The van der Waals surface area contributed by atoms with E-state index in [2.05, 4.69) is 4.98 Å². The van der Waals surface area contributed by atoms with Crippen molar-refractivity contribution in [3.8, 4) is 0 Å². The van der Waals surface area contributed by atoms with Crippen LogP contribution in [-0.2, 0) is 11.2 Å². The van der Waals surface area contributed by atoms with Gasteiger partial charge in [-0.3, -0.25) is 4.79 Å². The van der Waals surface area contributed by atoms with Gasteiger partial charge in [-0.05, 0) is 24.6 Å². The molecule has 2 heterocycles. The summed E-state index contributed by atoms with van der Waals surface area (Å²) in [6.45, 7) is 1.80. The molecule has 0 bridgehead atoms. The zero-order valence-electron chi connectivity index (χ0n) is 12.1. The van der Waals surface area contributed by atoms with E-state index in [1.165, 1.54) is 11.3 Å². The molecule has 0 atom stereocenters. The largest absolute Gasteiger partial charge is 0.454 e. The minimum absolute atomic E-state index is 0.169. The maximum absolute atomic E-state index is 12.1. The normalized spacial score (nSPS) is 10.8. The zero-order valence-corrected chi connectivity index (χ0v) is 12.9. The fourth-order valence-corrected chi connectivity index (χ4v) is 3.11. The van der Waals surface area contributed by atoms with Gasteiger partial charge in [0.05, 0.1) is 10.4 Å². The van der Waals surface area contributed by atoms with Crippen LogP contribution in [0.3, 0.4) is 0 Å². The summed E-state index contributed by atoms with van der Waals surface area (Å²) >= 11 is 1.45. The molecule has 3 rings (SSSR count). The third-order valence-corrected chi connectivity index (χ3v) is 4.70. The van der Waals surface area contributed by atoms with Crippen LogP contribution < -0.4 is 0 Å². The van der Waals surface area contributed by atoms with E-state index in [-0.39, 0.29) is 12.4 Å². The molecule has 0 aliphatic heterocycles. The van der Waals surface area contributed by atoms with Crippen LogP contribution in [0.15, 0.2) is 42.6 Å². The Morgan fingerprint density at radius 3 is 2.77 bits per heavy atom. The molecule has 0 amide bonds. The Bertz CT molecular complexity index is 831. The van der Waals surface area contributed by atoms with E-state index < -0.39 is 5.97 Å². The number of aromatic amines is 1. The summed E-state index contributed by atoms with van der Waals surface area (Å²) in [5.74, 6) is -0.657. The van der Waals surface area contributed by atoms with E-state index in [1.807, 2.05) is 37.3 Å². The summed E-state index contributed by atoms with van der Waals surface area (Å²) in [5, 5.41) is 0.796. The third-order valence-electron chi connectivity index (χ3n) is 3.43. The number of H-pyrrole nitrogens is 1. The first kappa shape index (κ1) is 14.5. The molecule has 4 nitrogen and oxygen atoms in total. The molecule has 0 aliphatic rings. The van der Waals surface area contributed by atoms with Crippen LogP contribution in [0, 0.1) is 0 Å². The van der Waals surface area contributed by atoms with Gasteiger partial charge in [0.25, 0.3) is 0 Å². The average Bonchev–Trinajstić information content (AvgIpc) is 3.18. The number of carbonyl (C=O) groups excluding carboxylic acids is 2. The molecule has 2 aromatic heterocycles. The summed E-state index contributed by atoms with van der Waals surface area (Å²) in [5.41, 5.74) is 1.32. The number of para-hydroxylation sites is 1. The van der Waals surface area contributed by atoms with Crippen molar-refractivity contribution in [3.05, 3.63) is 57.9 Å². The van der Waals surface area contributed by atoms with Crippen LogP contribution in [-0.4, -0.2) is 23.3 Å². The first-order valence-electron chi connectivity index (χ1n) is 7.04. The summed E-state index contributed by atoms with van der Waals surface area (Å²) < 4.78 is 5.15. The van der Waals surface area contributed by atoms with Crippen molar-refractivity contribution in [1.29, 1.82) is 0 Å². The number of nitrogens with one attached hydrogen (secondary N) is 1. The van der Waals surface area contributed by atoms with Gasteiger partial charge in [-0.1, -0.05) is 25.1 Å². The lowest BCUT2D eigenvalue weighted by Crippen LogP contribution is -2.13.